The Morgan fingerprint density at radius 3 is 2.89 bits per heavy atom. The summed E-state index contributed by atoms with van der Waals surface area (Å²) in [5, 5.41) is 0. The van der Waals surface area contributed by atoms with Crippen molar-refractivity contribution in [1.29, 1.82) is 0 Å². The van der Waals surface area contributed by atoms with E-state index in [2.05, 4.69) is 37.3 Å². The molecule has 2 bridgehead atoms. The number of aryl methyl sites for hydroxylation is 2. The molecule has 3 unspecified atom stereocenters. The molecule has 19 heavy (non-hydrogen) atoms. The molecule has 0 saturated heterocycles. The molecule has 3 atom stereocenters. The van der Waals surface area contributed by atoms with E-state index in [-0.39, 0.29) is 0 Å². The molecule has 3 aliphatic carbocycles. The highest BCUT2D eigenvalue weighted by Crippen LogP contribution is 2.57. The molecular formula is C19H24. The van der Waals surface area contributed by atoms with E-state index in [1.165, 1.54) is 44.9 Å². The van der Waals surface area contributed by atoms with E-state index in [9.17, 15) is 0 Å². The van der Waals surface area contributed by atoms with Crippen molar-refractivity contribution in [2.24, 2.45) is 17.3 Å². The first-order chi connectivity index (χ1) is 9.29. The Balaban J connectivity index is 1.63. The number of hydrogen-bond donors (Lipinski definition) is 0. The van der Waals surface area contributed by atoms with Gasteiger partial charge in [0, 0.05) is 0 Å². The monoisotopic (exact) mass is 252 g/mol. The maximum Gasteiger partial charge on any atom is -0.0168 e. The molecule has 1 spiro atoms. The summed E-state index contributed by atoms with van der Waals surface area (Å²) in [6.45, 7) is 2.27. The minimum atomic E-state index is 0.638. The lowest BCUT2D eigenvalue weighted by atomic mass is 9.64. The Hall–Kier alpha value is -1.04. The first kappa shape index (κ1) is 11.8. The average molecular weight is 252 g/mol. The maximum atomic E-state index is 2.53. The molecule has 1 fully saturated rings. The molecule has 4 rings (SSSR count). The summed E-state index contributed by atoms with van der Waals surface area (Å²) in [6.07, 6.45) is 14.5. The fourth-order valence-electron chi connectivity index (χ4n) is 4.92. The summed E-state index contributed by atoms with van der Waals surface area (Å²) >= 11 is 0. The van der Waals surface area contributed by atoms with Crippen molar-refractivity contribution in [3.63, 3.8) is 0 Å². The molecule has 100 valence electrons. The zero-order chi connectivity index (χ0) is 12.9. The Morgan fingerprint density at radius 2 is 2.16 bits per heavy atom. The topological polar surface area (TPSA) is 0 Å². The summed E-state index contributed by atoms with van der Waals surface area (Å²) in [7, 11) is 0. The average Bonchev–Trinajstić information content (AvgIpc) is 3.00. The Bertz CT molecular complexity index is 525. The second-order valence-electron chi connectivity index (χ2n) is 7.08. The maximum absolute atomic E-state index is 2.53. The van der Waals surface area contributed by atoms with Crippen LogP contribution in [-0.2, 0) is 19.3 Å². The van der Waals surface area contributed by atoms with Gasteiger partial charge in [0.1, 0.15) is 0 Å². The van der Waals surface area contributed by atoms with E-state index >= 15 is 0 Å². The van der Waals surface area contributed by atoms with Crippen molar-refractivity contribution >= 4 is 0 Å². The van der Waals surface area contributed by atoms with Gasteiger partial charge < -0.3 is 0 Å². The molecule has 3 aliphatic rings. The van der Waals surface area contributed by atoms with Gasteiger partial charge >= 0.3 is 0 Å². The highest BCUT2D eigenvalue weighted by atomic mass is 14.5. The predicted molar refractivity (Wildman–Crippen MR) is 80.2 cm³/mol. The summed E-state index contributed by atoms with van der Waals surface area (Å²) in [5.74, 6) is 1.80. The van der Waals surface area contributed by atoms with Gasteiger partial charge in [0.05, 0.1) is 0 Å². The van der Waals surface area contributed by atoms with Gasteiger partial charge in [0.25, 0.3) is 0 Å². The van der Waals surface area contributed by atoms with Gasteiger partial charge in [-0.3, -0.25) is 0 Å². The first-order valence-corrected chi connectivity index (χ1v) is 8.08. The van der Waals surface area contributed by atoms with Crippen LogP contribution in [0.25, 0.3) is 0 Å². The van der Waals surface area contributed by atoms with Crippen LogP contribution in [0, 0.1) is 17.3 Å². The molecule has 0 N–H and O–H groups in total. The molecule has 0 nitrogen and oxygen atoms in total. The van der Waals surface area contributed by atoms with E-state index in [1.807, 2.05) is 0 Å². The molecule has 0 heteroatoms. The molecule has 1 aromatic carbocycles. The smallest absolute Gasteiger partial charge is 0.0168 e. The molecule has 0 aromatic heterocycles. The van der Waals surface area contributed by atoms with E-state index in [1.54, 1.807) is 16.7 Å². The Labute approximate surface area is 116 Å². The van der Waals surface area contributed by atoms with Crippen molar-refractivity contribution in [2.45, 2.75) is 51.9 Å². The summed E-state index contributed by atoms with van der Waals surface area (Å²) < 4.78 is 0. The number of benzene rings is 1. The highest BCUT2D eigenvalue weighted by Gasteiger charge is 2.49. The third-order valence-electron chi connectivity index (χ3n) is 5.87. The SMILES string of the molecule is CCCc1ccc2c(c1)CCC1(C2)CC2C=CC1C2. The summed E-state index contributed by atoms with van der Waals surface area (Å²) in [4.78, 5) is 0. The van der Waals surface area contributed by atoms with Crippen LogP contribution in [-0.4, -0.2) is 0 Å². The van der Waals surface area contributed by atoms with Crippen molar-refractivity contribution in [3.8, 4) is 0 Å². The van der Waals surface area contributed by atoms with Crippen LogP contribution < -0.4 is 0 Å². The third kappa shape index (κ3) is 1.80. The largest absolute Gasteiger partial charge is 0.0851 e. The normalized spacial score (nSPS) is 35.0. The Kier molecular flexibility index (Phi) is 2.62. The second-order valence-corrected chi connectivity index (χ2v) is 7.08. The number of rotatable bonds is 2. The van der Waals surface area contributed by atoms with Gasteiger partial charge in [-0.25, -0.2) is 0 Å². The molecular weight excluding hydrogens is 228 g/mol. The molecule has 1 aromatic rings. The van der Waals surface area contributed by atoms with Gasteiger partial charge in [0.2, 0.25) is 0 Å². The lowest BCUT2D eigenvalue weighted by Gasteiger charge is -2.40. The van der Waals surface area contributed by atoms with E-state index in [0.29, 0.717) is 5.41 Å². The third-order valence-corrected chi connectivity index (χ3v) is 5.87. The van der Waals surface area contributed by atoms with Gasteiger partial charge in [-0.15, -0.1) is 0 Å². The quantitative estimate of drug-likeness (QED) is 0.669. The van der Waals surface area contributed by atoms with Crippen LogP contribution in [0.1, 0.15) is 49.3 Å². The lowest BCUT2D eigenvalue weighted by Crippen LogP contribution is -2.32. The van der Waals surface area contributed by atoms with E-state index < -0.39 is 0 Å². The van der Waals surface area contributed by atoms with Gasteiger partial charge in [0.15, 0.2) is 0 Å². The van der Waals surface area contributed by atoms with Gasteiger partial charge in [-0.1, -0.05) is 43.7 Å². The van der Waals surface area contributed by atoms with Crippen molar-refractivity contribution < 1.29 is 0 Å². The molecule has 0 amide bonds. The first-order valence-electron chi connectivity index (χ1n) is 8.08. The molecule has 0 aliphatic heterocycles. The van der Waals surface area contributed by atoms with Gasteiger partial charge in [-0.2, -0.15) is 0 Å². The van der Waals surface area contributed by atoms with Crippen LogP contribution in [0.5, 0.6) is 0 Å². The fourth-order valence-corrected chi connectivity index (χ4v) is 4.92. The highest BCUT2D eigenvalue weighted by molar-refractivity contribution is 5.37. The summed E-state index contributed by atoms with van der Waals surface area (Å²) in [6, 6.07) is 7.32. The molecule has 0 heterocycles. The van der Waals surface area contributed by atoms with Crippen LogP contribution in [0.2, 0.25) is 0 Å². The number of allylic oxidation sites excluding steroid dienone is 2. The van der Waals surface area contributed by atoms with Crippen molar-refractivity contribution in [1.82, 2.24) is 0 Å². The summed E-state index contributed by atoms with van der Waals surface area (Å²) in [5.41, 5.74) is 5.50. The minimum absolute atomic E-state index is 0.638. The zero-order valence-corrected chi connectivity index (χ0v) is 12.0. The van der Waals surface area contributed by atoms with Crippen LogP contribution in [0.15, 0.2) is 30.4 Å². The standard InChI is InChI=1S/C19H24/c1-2-3-14-4-6-17-13-19(9-8-16(17)10-14)12-15-5-7-18(19)11-15/h4-7,10,15,18H,2-3,8-9,11-13H2,1H3. The van der Waals surface area contributed by atoms with Crippen LogP contribution in [0.4, 0.5) is 0 Å². The van der Waals surface area contributed by atoms with E-state index in [4.69, 9.17) is 0 Å². The predicted octanol–water partition coefficient (Wildman–Crippen LogP) is 4.71. The number of hydrogen-bond acceptors (Lipinski definition) is 0. The minimum Gasteiger partial charge on any atom is -0.0851 e. The van der Waals surface area contributed by atoms with Gasteiger partial charge in [-0.05, 0) is 72.5 Å². The van der Waals surface area contributed by atoms with Crippen molar-refractivity contribution in [3.05, 3.63) is 47.0 Å². The zero-order valence-electron chi connectivity index (χ0n) is 12.0. The second kappa shape index (κ2) is 4.23. The molecule has 0 radical (unpaired) electrons. The van der Waals surface area contributed by atoms with Crippen molar-refractivity contribution in [2.75, 3.05) is 0 Å². The van der Waals surface area contributed by atoms with Crippen LogP contribution in [0.3, 0.4) is 0 Å². The Morgan fingerprint density at radius 1 is 1.21 bits per heavy atom. The lowest BCUT2D eigenvalue weighted by molar-refractivity contribution is 0.195. The van der Waals surface area contributed by atoms with Crippen LogP contribution >= 0.6 is 0 Å². The molecule has 1 saturated carbocycles. The number of fused-ring (bicyclic) bond motifs is 4. The van der Waals surface area contributed by atoms with E-state index in [0.717, 1.165) is 11.8 Å². The fraction of sp³-hybridized carbons (Fsp3) is 0.579.